The van der Waals surface area contributed by atoms with Crippen LogP contribution >= 0.6 is 0 Å². The van der Waals surface area contributed by atoms with E-state index in [-0.39, 0.29) is 11.8 Å². The van der Waals surface area contributed by atoms with Crippen LogP contribution in [0.25, 0.3) is 0 Å². The van der Waals surface area contributed by atoms with Crippen LogP contribution in [0.2, 0.25) is 0 Å². The molecule has 2 N–H and O–H groups in total. The summed E-state index contributed by atoms with van der Waals surface area (Å²) in [6.07, 6.45) is -1.26. The summed E-state index contributed by atoms with van der Waals surface area (Å²) in [6, 6.07) is 6.51. The number of carboxylic acids is 1. The minimum absolute atomic E-state index is 0.202. The molecule has 0 saturated carbocycles. The van der Waals surface area contributed by atoms with Gasteiger partial charge in [0.15, 0.2) is 0 Å². The number of hydrogen-bond donors (Lipinski definition) is 2. The van der Waals surface area contributed by atoms with Crippen LogP contribution in [0, 0.1) is 11.8 Å². The van der Waals surface area contributed by atoms with Crippen LogP contribution in [0.4, 0.5) is 10.5 Å². The molecular weight excluding hydrogens is 338 g/mol. The summed E-state index contributed by atoms with van der Waals surface area (Å²) in [6.45, 7) is 8.74. The Hall–Kier alpha value is -2.57. The minimum atomic E-state index is -0.986. The molecule has 0 spiro atoms. The maximum Gasteiger partial charge on any atom is 0.414 e. The Morgan fingerprint density at radius 1 is 1.04 bits per heavy atom. The minimum Gasteiger partial charge on any atom is -0.481 e. The van der Waals surface area contributed by atoms with E-state index >= 15 is 0 Å². The SMILES string of the molecule is CC[C@@H](C(=O)O)c1ccc(NC(=O)O[C@@H](OC(=O)C(C)C)C(C)C)cc1. The van der Waals surface area contributed by atoms with Crippen LogP contribution in [0.5, 0.6) is 0 Å². The molecule has 0 fully saturated rings. The lowest BCUT2D eigenvalue weighted by Gasteiger charge is -2.22. The summed E-state index contributed by atoms with van der Waals surface area (Å²) in [4.78, 5) is 34.9. The van der Waals surface area contributed by atoms with E-state index in [0.29, 0.717) is 17.7 Å². The van der Waals surface area contributed by atoms with Crippen LogP contribution in [0.1, 0.15) is 52.5 Å². The zero-order valence-electron chi connectivity index (χ0n) is 15.8. The van der Waals surface area contributed by atoms with Crippen molar-refractivity contribution in [3.63, 3.8) is 0 Å². The van der Waals surface area contributed by atoms with Crippen molar-refractivity contribution >= 4 is 23.7 Å². The molecule has 144 valence electrons. The predicted octanol–water partition coefficient (Wildman–Crippen LogP) is 3.99. The molecule has 0 aromatic heterocycles. The summed E-state index contributed by atoms with van der Waals surface area (Å²) in [5, 5.41) is 11.7. The van der Waals surface area contributed by atoms with Gasteiger partial charge < -0.3 is 14.6 Å². The highest BCUT2D eigenvalue weighted by Crippen LogP contribution is 2.22. The van der Waals surface area contributed by atoms with Gasteiger partial charge in [-0.15, -0.1) is 0 Å². The largest absolute Gasteiger partial charge is 0.481 e. The molecule has 0 unspecified atom stereocenters. The number of benzene rings is 1. The second-order valence-corrected chi connectivity index (χ2v) is 6.66. The third-order valence-corrected chi connectivity index (χ3v) is 3.74. The summed E-state index contributed by atoms with van der Waals surface area (Å²) in [5.41, 5.74) is 1.11. The van der Waals surface area contributed by atoms with Crippen LogP contribution in [-0.4, -0.2) is 29.4 Å². The lowest BCUT2D eigenvalue weighted by Crippen LogP contribution is -2.32. The molecular formula is C19H27NO6. The highest BCUT2D eigenvalue weighted by molar-refractivity contribution is 5.85. The Balaban J connectivity index is 2.71. The van der Waals surface area contributed by atoms with E-state index in [1.165, 1.54) is 0 Å². The molecule has 0 bridgehead atoms. The molecule has 7 nitrogen and oxygen atoms in total. The van der Waals surface area contributed by atoms with Crippen molar-refractivity contribution in [1.82, 2.24) is 0 Å². The van der Waals surface area contributed by atoms with Gasteiger partial charge in [0.2, 0.25) is 0 Å². The van der Waals surface area contributed by atoms with Crippen LogP contribution in [-0.2, 0) is 19.1 Å². The second-order valence-electron chi connectivity index (χ2n) is 6.66. The first kappa shape index (κ1) is 21.5. The van der Waals surface area contributed by atoms with Gasteiger partial charge in [0, 0.05) is 11.6 Å². The van der Waals surface area contributed by atoms with E-state index in [2.05, 4.69) is 5.32 Å². The number of ether oxygens (including phenoxy) is 2. The number of carbonyl (C=O) groups excluding carboxylic acids is 2. The van der Waals surface area contributed by atoms with Gasteiger partial charge >= 0.3 is 18.0 Å². The highest BCUT2D eigenvalue weighted by atomic mass is 16.7. The van der Waals surface area contributed by atoms with Crippen molar-refractivity contribution in [2.24, 2.45) is 11.8 Å². The van der Waals surface area contributed by atoms with E-state index in [9.17, 15) is 19.5 Å². The molecule has 0 aliphatic rings. The van der Waals surface area contributed by atoms with Gasteiger partial charge in [-0.1, -0.05) is 46.8 Å². The number of hydrogen-bond acceptors (Lipinski definition) is 5. The Morgan fingerprint density at radius 2 is 1.62 bits per heavy atom. The number of aliphatic carboxylic acids is 1. The quantitative estimate of drug-likeness (QED) is 0.533. The summed E-state index contributed by atoms with van der Waals surface area (Å²) >= 11 is 0. The first-order valence-corrected chi connectivity index (χ1v) is 8.66. The van der Waals surface area contributed by atoms with Gasteiger partial charge in [-0.3, -0.25) is 14.9 Å². The third-order valence-electron chi connectivity index (χ3n) is 3.74. The first-order chi connectivity index (χ1) is 12.1. The molecule has 26 heavy (non-hydrogen) atoms. The van der Waals surface area contributed by atoms with Gasteiger partial charge in [-0.05, 0) is 24.1 Å². The fourth-order valence-corrected chi connectivity index (χ4v) is 2.15. The van der Waals surface area contributed by atoms with Crippen molar-refractivity contribution in [1.29, 1.82) is 0 Å². The topological polar surface area (TPSA) is 102 Å². The normalized spacial score (nSPS) is 13.2. The average molecular weight is 365 g/mol. The van der Waals surface area contributed by atoms with Crippen LogP contribution < -0.4 is 5.32 Å². The van der Waals surface area contributed by atoms with Crippen molar-refractivity contribution in [3.05, 3.63) is 29.8 Å². The van der Waals surface area contributed by atoms with Crippen molar-refractivity contribution in [2.45, 2.75) is 53.2 Å². The van der Waals surface area contributed by atoms with Crippen LogP contribution in [0.3, 0.4) is 0 Å². The molecule has 1 aromatic rings. The smallest absolute Gasteiger partial charge is 0.414 e. The number of esters is 1. The van der Waals surface area contributed by atoms with E-state index in [4.69, 9.17) is 9.47 Å². The number of rotatable bonds is 8. The molecule has 0 heterocycles. The molecule has 2 atom stereocenters. The number of carboxylic acid groups (broad SMARTS) is 1. The number of anilines is 1. The van der Waals surface area contributed by atoms with Crippen LogP contribution in [0.15, 0.2) is 24.3 Å². The molecule has 7 heteroatoms. The standard InChI is InChI=1S/C19H27NO6/c1-6-15(16(21)22)13-7-9-14(10-8-13)20-19(24)26-18(12(4)5)25-17(23)11(2)3/h7-12,15,18H,6H2,1-5H3,(H,20,24)(H,21,22)/t15-,18-/m1/s1. The predicted molar refractivity (Wildman–Crippen MR) is 96.8 cm³/mol. The molecule has 1 amide bonds. The van der Waals surface area contributed by atoms with E-state index in [0.717, 1.165) is 0 Å². The zero-order valence-corrected chi connectivity index (χ0v) is 15.8. The lowest BCUT2D eigenvalue weighted by atomic mass is 9.96. The van der Waals surface area contributed by atoms with E-state index in [1.54, 1.807) is 58.9 Å². The van der Waals surface area contributed by atoms with Crippen molar-refractivity contribution in [2.75, 3.05) is 5.32 Å². The molecule has 0 aliphatic carbocycles. The molecule has 0 saturated heterocycles. The second kappa shape index (κ2) is 9.79. The molecule has 1 rings (SSSR count). The Morgan fingerprint density at radius 3 is 2.04 bits per heavy atom. The summed E-state index contributed by atoms with van der Waals surface area (Å²) in [5.74, 6) is -2.45. The Bertz CT molecular complexity index is 623. The molecule has 0 radical (unpaired) electrons. The van der Waals surface area contributed by atoms with Crippen molar-refractivity contribution < 1.29 is 29.0 Å². The summed E-state index contributed by atoms with van der Waals surface area (Å²) in [7, 11) is 0. The monoisotopic (exact) mass is 365 g/mol. The van der Waals surface area contributed by atoms with Gasteiger partial charge in [-0.25, -0.2) is 4.79 Å². The Labute approximate surface area is 153 Å². The van der Waals surface area contributed by atoms with Crippen molar-refractivity contribution in [3.8, 4) is 0 Å². The number of carbonyl (C=O) groups is 3. The van der Waals surface area contributed by atoms with Gasteiger partial charge in [0.05, 0.1) is 11.8 Å². The zero-order chi connectivity index (χ0) is 19.9. The highest BCUT2D eigenvalue weighted by Gasteiger charge is 2.24. The fourth-order valence-electron chi connectivity index (χ4n) is 2.15. The fraction of sp³-hybridized carbons (Fsp3) is 0.526. The maximum atomic E-state index is 12.0. The lowest BCUT2D eigenvalue weighted by molar-refractivity contribution is -0.177. The number of nitrogens with one attached hydrogen (secondary N) is 1. The molecule has 1 aromatic carbocycles. The average Bonchev–Trinajstić information content (AvgIpc) is 2.55. The van der Waals surface area contributed by atoms with E-state index < -0.39 is 30.2 Å². The molecule has 0 aliphatic heterocycles. The van der Waals surface area contributed by atoms with Gasteiger partial charge in [0.1, 0.15) is 0 Å². The summed E-state index contributed by atoms with van der Waals surface area (Å²) < 4.78 is 10.4. The third kappa shape index (κ3) is 6.38. The maximum absolute atomic E-state index is 12.0. The van der Waals surface area contributed by atoms with Gasteiger partial charge in [0.25, 0.3) is 6.29 Å². The van der Waals surface area contributed by atoms with Gasteiger partial charge in [-0.2, -0.15) is 0 Å². The first-order valence-electron chi connectivity index (χ1n) is 8.66. The number of amides is 1. The van der Waals surface area contributed by atoms with E-state index in [1.807, 2.05) is 0 Å². The Kier molecular flexibility index (Phi) is 8.09.